The van der Waals surface area contributed by atoms with Gasteiger partial charge in [-0.15, -0.1) is 0 Å². The average molecular weight is 320 g/mol. The maximum Gasteiger partial charge on any atom is 0.285 e. The van der Waals surface area contributed by atoms with Crippen molar-refractivity contribution in [1.82, 2.24) is 0 Å². The molecule has 1 aliphatic carbocycles. The molecule has 0 radical (unpaired) electrons. The first-order chi connectivity index (χ1) is 11.0. The summed E-state index contributed by atoms with van der Waals surface area (Å²) in [7, 11) is -1.82. The van der Waals surface area contributed by atoms with Crippen molar-refractivity contribution in [1.29, 1.82) is 0 Å². The summed E-state index contributed by atoms with van der Waals surface area (Å²) in [6.07, 6.45) is 1.67. The lowest BCUT2D eigenvalue weighted by Gasteiger charge is -2.41. The van der Waals surface area contributed by atoms with Gasteiger partial charge >= 0.3 is 0 Å². The third kappa shape index (κ3) is 1.93. The van der Waals surface area contributed by atoms with Crippen LogP contribution in [0.15, 0.2) is 71.3 Å². The first-order valence-corrected chi connectivity index (χ1v) is 11.5. The summed E-state index contributed by atoms with van der Waals surface area (Å²) in [5.74, 6) is 0.582. The fourth-order valence-corrected chi connectivity index (χ4v) is 6.20. The zero-order chi connectivity index (χ0) is 16.1. The molecular formula is C20H20O2Si. The molecule has 0 saturated carbocycles. The van der Waals surface area contributed by atoms with Crippen LogP contribution in [0.4, 0.5) is 0 Å². The predicted octanol–water partition coefficient (Wildman–Crippen LogP) is 5.46. The maximum absolute atomic E-state index is 6.62. The first kappa shape index (κ1) is 14.3. The summed E-state index contributed by atoms with van der Waals surface area (Å²) in [5.41, 5.74) is 5.07. The number of benzene rings is 2. The SMILES string of the molecule is C[Si](C)(C)C1(Oc2ccco2)c2ccccc2-c2ccccc21. The van der Waals surface area contributed by atoms with Crippen LogP contribution < -0.4 is 4.74 Å². The summed E-state index contributed by atoms with van der Waals surface area (Å²) in [4.78, 5) is 0. The second kappa shape index (κ2) is 4.87. The smallest absolute Gasteiger partial charge is 0.285 e. The Hall–Kier alpha value is -2.26. The molecule has 0 aliphatic heterocycles. The van der Waals surface area contributed by atoms with Crippen LogP contribution >= 0.6 is 0 Å². The molecule has 2 aromatic carbocycles. The minimum Gasteiger partial charge on any atom is -0.453 e. The van der Waals surface area contributed by atoms with Gasteiger partial charge in [-0.3, -0.25) is 0 Å². The maximum atomic E-state index is 6.62. The highest BCUT2D eigenvalue weighted by molar-refractivity contribution is 6.79. The molecule has 0 N–H and O–H groups in total. The Labute approximate surface area is 137 Å². The first-order valence-electron chi connectivity index (χ1n) is 7.96. The van der Waals surface area contributed by atoms with Crippen molar-refractivity contribution >= 4 is 8.07 Å². The highest BCUT2D eigenvalue weighted by Gasteiger charge is 2.54. The van der Waals surface area contributed by atoms with E-state index in [0.29, 0.717) is 5.95 Å². The van der Waals surface area contributed by atoms with Gasteiger partial charge in [-0.05, 0) is 17.2 Å². The fraction of sp³-hybridized carbons (Fsp3) is 0.200. The van der Waals surface area contributed by atoms with Crippen LogP contribution in [0.2, 0.25) is 19.6 Å². The summed E-state index contributed by atoms with van der Waals surface area (Å²) < 4.78 is 12.2. The van der Waals surface area contributed by atoms with Gasteiger partial charge < -0.3 is 9.15 Å². The van der Waals surface area contributed by atoms with Crippen LogP contribution in [-0.2, 0) is 5.22 Å². The minimum absolute atomic E-state index is 0.432. The van der Waals surface area contributed by atoms with Crippen molar-refractivity contribution in [3.8, 4) is 17.1 Å². The summed E-state index contributed by atoms with van der Waals surface area (Å²) in [5, 5.41) is -0.432. The van der Waals surface area contributed by atoms with E-state index in [2.05, 4.69) is 68.2 Å². The Kier molecular flexibility index (Phi) is 3.03. The Morgan fingerprint density at radius 2 is 1.35 bits per heavy atom. The van der Waals surface area contributed by atoms with Crippen molar-refractivity contribution < 1.29 is 9.15 Å². The minimum atomic E-state index is -1.82. The largest absolute Gasteiger partial charge is 0.453 e. The number of furan rings is 1. The number of hydrogen-bond donors (Lipinski definition) is 0. The van der Waals surface area contributed by atoms with Crippen LogP contribution in [0, 0.1) is 0 Å². The molecule has 1 aliphatic rings. The number of fused-ring (bicyclic) bond motifs is 3. The van der Waals surface area contributed by atoms with Crippen LogP contribution in [0.3, 0.4) is 0 Å². The Morgan fingerprint density at radius 1 is 0.783 bits per heavy atom. The molecule has 4 rings (SSSR count). The second-order valence-electron chi connectivity index (χ2n) is 7.06. The van der Waals surface area contributed by atoms with Gasteiger partial charge in [0.2, 0.25) is 0 Å². The molecule has 0 unspecified atom stereocenters. The van der Waals surface area contributed by atoms with Crippen LogP contribution in [-0.4, -0.2) is 8.07 Å². The molecule has 23 heavy (non-hydrogen) atoms. The Morgan fingerprint density at radius 3 is 1.83 bits per heavy atom. The van der Waals surface area contributed by atoms with Gasteiger partial charge in [0.15, 0.2) is 0 Å². The third-order valence-corrected chi connectivity index (χ3v) is 7.46. The molecule has 3 heteroatoms. The van der Waals surface area contributed by atoms with Gasteiger partial charge in [-0.1, -0.05) is 68.2 Å². The highest BCUT2D eigenvalue weighted by Crippen LogP contribution is 2.53. The highest BCUT2D eigenvalue weighted by atomic mass is 28.3. The van der Waals surface area contributed by atoms with E-state index < -0.39 is 13.3 Å². The molecule has 1 aromatic heterocycles. The van der Waals surface area contributed by atoms with Crippen molar-refractivity contribution in [3.05, 3.63) is 78.1 Å². The average Bonchev–Trinajstić information content (AvgIpc) is 3.13. The van der Waals surface area contributed by atoms with Gasteiger partial charge in [0.05, 0.1) is 6.26 Å². The number of rotatable bonds is 3. The van der Waals surface area contributed by atoms with Crippen LogP contribution in [0.25, 0.3) is 11.1 Å². The van der Waals surface area contributed by atoms with Gasteiger partial charge in [0.1, 0.15) is 13.3 Å². The molecule has 0 atom stereocenters. The lowest BCUT2D eigenvalue weighted by atomic mass is 10.1. The van der Waals surface area contributed by atoms with E-state index in [-0.39, 0.29) is 0 Å². The van der Waals surface area contributed by atoms with Gasteiger partial charge in [0, 0.05) is 17.2 Å². The monoisotopic (exact) mass is 320 g/mol. The fourth-order valence-electron chi connectivity index (χ4n) is 3.74. The lowest BCUT2D eigenvalue weighted by molar-refractivity contribution is 0.146. The normalized spacial score (nSPS) is 15.1. The quantitative estimate of drug-likeness (QED) is 0.598. The van der Waals surface area contributed by atoms with Crippen molar-refractivity contribution in [3.63, 3.8) is 0 Å². The van der Waals surface area contributed by atoms with E-state index in [0.717, 1.165) is 0 Å². The molecular weight excluding hydrogens is 300 g/mol. The summed E-state index contributed by atoms with van der Waals surface area (Å²) >= 11 is 0. The zero-order valence-corrected chi connectivity index (χ0v) is 14.7. The number of ether oxygens (including phenoxy) is 1. The Balaban J connectivity index is 2.05. The standard InChI is InChI=1S/C20H20O2Si/c1-23(2,3)20(22-19-13-8-14-21-19)17-11-6-4-9-15(17)16-10-5-7-12-18(16)20/h4-14H,1-3H3. The molecule has 0 bridgehead atoms. The van der Waals surface area contributed by atoms with Crippen molar-refractivity contribution in [2.24, 2.45) is 0 Å². The molecule has 0 amide bonds. The molecule has 3 aromatic rings. The van der Waals surface area contributed by atoms with Gasteiger partial charge in [-0.2, -0.15) is 0 Å². The third-order valence-electron chi connectivity index (χ3n) is 4.71. The zero-order valence-electron chi connectivity index (χ0n) is 13.7. The lowest BCUT2D eigenvalue weighted by Crippen LogP contribution is -2.53. The molecule has 0 spiro atoms. The molecule has 116 valence electrons. The van der Waals surface area contributed by atoms with Crippen LogP contribution in [0.1, 0.15) is 11.1 Å². The van der Waals surface area contributed by atoms with E-state index in [4.69, 9.17) is 9.15 Å². The number of hydrogen-bond acceptors (Lipinski definition) is 2. The van der Waals surface area contributed by atoms with Gasteiger partial charge in [0.25, 0.3) is 5.95 Å². The van der Waals surface area contributed by atoms with Crippen LogP contribution in [0.5, 0.6) is 5.95 Å². The topological polar surface area (TPSA) is 22.4 Å². The summed E-state index contributed by atoms with van der Waals surface area (Å²) in [6.45, 7) is 7.07. The van der Waals surface area contributed by atoms with E-state index >= 15 is 0 Å². The van der Waals surface area contributed by atoms with Gasteiger partial charge in [-0.25, -0.2) is 0 Å². The van der Waals surface area contributed by atoms with E-state index in [1.54, 1.807) is 6.26 Å². The van der Waals surface area contributed by atoms with E-state index in [1.165, 1.54) is 22.3 Å². The Bertz CT molecular complexity index is 799. The molecule has 0 saturated heterocycles. The van der Waals surface area contributed by atoms with E-state index in [9.17, 15) is 0 Å². The molecule has 2 nitrogen and oxygen atoms in total. The molecule has 1 heterocycles. The summed E-state index contributed by atoms with van der Waals surface area (Å²) in [6, 6.07) is 21.0. The van der Waals surface area contributed by atoms with E-state index in [1.807, 2.05) is 12.1 Å². The second-order valence-corrected chi connectivity index (χ2v) is 12.3. The van der Waals surface area contributed by atoms with Crippen molar-refractivity contribution in [2.45, 2.75) is 24.9 Å². The predicted molar refractivity (Wildman–Crippen MR) is 95.3 cm³/mol. The molecule has 0 fully saturated rings. The van der Waals surface area contributed by atoms with Crippen molar-refractivity contribution in [2.75, 3.05) is 0 Å².